The van der Waals surface area contributed by atoms with Gasteiger partial charge in [-0.3, -0.25) is 14.6 Å². The van der Waals surface area contributed by atoms with Crippen molar-refractivity contribution in [1.29, 1.82) is 0 Å². The number of ketones is 1. The molecule has 1 aromatic carbocycles. The van der Waals surface area contributed by atoms with Crippen LogP contribution < -0.4 is 0 Å². The van der Waals surface area contributed by atoms with E-state index in [1.54, 1.807) is 42.4 Å². The highest BCUT2D eigenvalue weighted by atomic mass is 32.2. The number of pyridine rings is 1. The summed E-state index contributed by atoms with van der Waals surface area (Å²) in [6, 6.07) is 12.4. The molecule has 1 fully saturated rings. The molecule has 0 spiro atoms. The molecule has 0 radical (unpaired) electrons. The van der Waals surface area contributed by atoms with E-state index in [1.165, 1.54) is 11.1 Å². The van der Waals surface area contributed by atoms with Crippen molar-refractivity contribution in [3.63, 3.8) is 0 Å². The predicted octanol–water partition coefficient (Wildman–Crippen LogP) is 6.53. The average molecular weight is 510 g/mol. The van der Waals surface area contributed by atoms with Crippen LogP contribution in [0.3, 0.4) is 0 Å². The number of amides is 1. The summed E-state index contributed by atoms with van der Waals surface area (Å²) in [5.74, 6) is 1.01. The van der Waals surface area contributed by atoms with Crippen molar-refractivity contribution in [2.24, 2.45) is 0 Å². The van der Waals surface area contributed by atoms with Crippen LogP contribution in [-0.4, -0.2) is 45.4 Å². The molecule has 1 aliphatic rings. The SMILES string of the molecule is CC(=O)c1csc(C2CCN(C(=O)CSc3ccncc3)CC2)n1.Cc1ccccc1C(C)(C)C. The van der Waals surface area contributed by atoms with Gasteiger partial charge in [0.1, 0.15) is 5.69 Å². The van der Waals surface area contributed by atoms with Crippen molar-refractivity contribution >= 4 is 34.8 Å². The Balaban J connectivity index is 0.000000261. The predicted molar refractivity (Wildman–Crippen MR) is 146 cm³/mol. The van der Waals surface area contributed by atoms with Crippen molar-refractivity contribution in [2.45, 2.75) is 63.7 Å². The van der Waals surface area contributed by atoms with Gasteiger partial charge < -0.3 is 4.90 Å². The van der Waals surface area contributed by atoms with Gasteiger partial charge in [0.2, 0.25) is 5.91 Å². The van der Waals surface area contributed by atoms with E-state index in [4.69, 9.17) is 0 Å². The molecule has 0 saturated carbocycles. The van der Waals surface area contributed by atoms with Crippen LogP contribution in [0, 0.1) is 6.92 Å². The van der Waals surface area contributed by atoms with E-state index in [0.717, 1.165) is 35.8 Å². The fraction of sp³-hybridized carbons (Fsp3) is 0.429. The standard InChI is InChI=1S/C17H19N3O2S2.C11H16/c1-12(21)15-10-24-17(19-15)13-4-8-20(9-5-13)16(22)11-23-14-2-6-18-7-3-14;1-9-7-5-6-8-10(9)11(2,3)4/h2-3,6-7,10,13H,4-5,8-9,11H2,1H3;5-8H,1-4H3. The van der Waals surface area contributed by atoms with E-state index in [0.29, 0.717) is 17.4 Å². The number of Topliss-reactive ketones (excluding diaryl/α,β-unsaturated/α-hetero) is 1. The molecule has 0 aliphatic carbocycles. The monoisotopic (exact) mass is 509 g/mol. The Morgan fingerprint density at radius 2 is 1.74 bits per heavy atom. The molecule has 0 atom stereocenters. The van der Waals surface area contributed by atoms with Crippen molar-refractivity contribution in [3.05, 3.63) is 76.0 Å². The zero-order valence-corrected chi connectivity index (χ0v) is 22.9. The van der Waals surface area contributed by atoms with Gasteiger partial charge in [-0.1, -0.05) is 45.0 Å². The van der Waals surface area contributed by atoms with E-state index in [9.17, 15) is 9.59 Å². The molecule has 1 amide bonds. The third kappa shape index (κ3) is 8.00. The zero-order chi connectivity index (χ0) is 25.4. The third-order valence-electron chi connectivity index (χ3n) is 6.04. The number of aryl methyl sites for hydroxylation is 1. The molecule has 0 bridgehead atoms. The molecule has 3 heterocycles. The van der Waals surface area contributed by atoms with Gasteiger partial charge in [0, 0.05) is 48.6 Å². The fourth-order valence-electron chi connectivity index (χ4n) is 4.10. The van der Waals surface area contributed by atoms with Crippen molar-refractivity contribution < 1.29 is 9.59 Å². The highest BCUT2D eigenvalue weighted by Crippen LogP contribution is 2.31. The minimum atomic E-state index is 0.0123. The summed E-state index contributed by atoms with van der Waals surface area (Å²) in [5, 5.41) is 2.86. The van der Waals surface area contributed by atoms with E-state index in [1.807, 2.05) is 22.4 Å². The van der Waals surface area contributed by atoms with Crippen LogP contribution in [0.15, 0.2) is 59.1 Å². The molecule has 1 saturated heterocycles. The van der Waals surface area contributed by atoms with Gasteiger partial charge in [-0.15, -0.1) is 23.1 Å². The second-order valence-corrected chi connectivity index (χ2v) is 11.8. The minimum Gasteiger partial charge on any atom is -0.342 e. The van der Waals surface area contributed by atoms with Gasteiger partial charge in [0.05, 0.1) is 10.8 Å². The van der Waals surface area contributed by atoms with Crippen LogP contribution >= 0.6 is 23.1 Å². The number of piperidine rings is 1. The Bertz CT molecular complexity index is 1110. The van der Waals surface area contributed by atoms with Crippen molar-refractivity contribution in [3.8, 4) is 0 Å². The number of hydrogen-bond donors (Lipinski definition) is 0. The van der Waals surface area contributed by atoms with Crippen molar-refractivity contribution in [2.75, 3.05) is 18.8 Å². The lowest BCUT2D eigenvalue weighted by atomic mass is 9.84. The third-order valence-corrected chi connectivity index (χ3v) is 8.05. The van der Waals surface area contributed by atoms with Gasteiger partial charge in [-0.2, -0.15) is 0 Å². The molecule has 35 heavy (non-hydrogen) atoms. The first-order valence-corrected chi connectivity index (χ1v) is 13.8. The number of rotatable bonds is 5. The van der Waals surface area contributed by atoms with Crippen LogP contribution in [-0.2, 0) is 10.2 Å². The number of nitrogens with zero attached hydrogens (tertiary/aromatic N) is 3. The number of thioether (sulfide) groups is 1. The number of aromatic nitrogens is 2. The number of benzene rings is 1. The highest BCUT2D eigenvalue weighted by molar-refractivity contribution is 8.00. The lowest BCUT2D eigenvalue weighted by Crippen LogP contribution is -2.38. The summed E-state index contributed by atoms with van der Waals surface area (Å²) in [7, 11) is 0. The lowest BCUT2D eigenvalue weighted by Gasteiger charge is -2.31. The van der Waals surface area contributed by atoms with Crippen LogP contribution in [0.4, 0.5) is 0 Å². The fourth-order valence-corrected chi connectivity index (χ4v) is 5.92. The molecule has 3 aromatic rings. The molecule has 4 rings (SSSR count). The number of thiazole rings is 1. The Labute approximate surface area is 217 Å². The van der Waals surface area contributed by atoms with E-state index < -0.39 is 0 Å². The maximum Gasteiger partial charge on any atom is 0.232 e. The normalized spacial score (nSPS) is 14.3. The maximum absolute atomic E-state index is 12.3. The van der Waals surface area contributed by atoms with E-state index >= 15 is 0 Å². The molecule has 7 heteroatoms. The molecule has 0 unspecified atom stereocenters. The van der Waals surface area contributed by atoms with Gasteiger partial charge in [-0.25, -0.2) is 4.98 Å². The van der Waals surface area contributed by atoms with Crippen molar-refractivity contribution in [1.82, 2.24) is 14.9 Å². The number of carbonyl (C=O) groups is 2. The van der Waals surface area contributed by atoms with Gasteiger partial charge >= 0.3 is 0 Å². The summed E-state index contributed by atoms with van der Waals surface area (Å²) in [4.78, 5) is 35.1. The molecule has 0 N–H and O–H groups in total. The van der Waals surface area contributed by atoms with Gasteiger partial charge in [0.25, 0.3) is 0 Å². The van der Waals surface area contributed by atoms with Crippen LogP contribution in [0.2, 0.25) is 0 Å². The van der Waals surface area contributed by atoms with Crippen LogP contribution in [0.25, 0.3) is 0 Å². The topological polar surface area (TPSA) is 63.2 Å². The molecule has 2 aromatic heterocycles. The second kappa shape index (κ2) is 12.5. The largest absolute Gasteiger partial charge is 0.342 e. The molecule has 186 valence electrons. The first-order valence-electron chi connectivity index (χ1n) is 12.0. The Morgan fingerprint density at radius 1 is 1.09 bits per heavy atom. The van der Waals surface area contributed by atoms with Crippen LogP contribution in [0.1, 0.15) is 73.1 Å². The smallest absolute Gasteiger partial charge is 0.232 e. The average Bonchev–Trinajstić information content (AvgIpc) is 3.34. The summed E-state index contributed by atoms with van der Waals surface area (Å²) < 4.78 is 0. The number of hydrogen-bond acceptors (Lipinski definition) is 6. The van der Waals surface area contributed by atoms with Crippen LogP contribution in [0.5, 0.6) is 0 Å². The molecule has 5 nitrogen and oxygen atoms in total. The molecular weight excluding hydrogens is 474 g/mol. The number of carbonyl (C=O) groups excluding carboxylic acids is 2. The maximum atomic E-state index is 12.3. The second-order valence-electron chi connectivity index (χ2n) is 9.82. The quantitative estimate of drug-likeness (QED) is 0.289. The first-order chi connectivity index (χ1) is 16.6. The Kier molecular flexibility index (Phi) is 9.63. The van der Waals surface area contributed by atoms with E-state index in [-0.39, 0.29) is 17.1 Å². The summed E-state index contributed by atoms with van der Waals surface area (Å²) >= 11 is 3.10. The Hall–Kier alpha value is -2.51. The molecular formula is C28H35N3O2S2. The Morgan fingerprint density at radius 3 is 2.29 bits per heavy atom. The highest BCUT2D eigenvalue weighted by Gasteiger charge is 2.26. The van der Waals surface area contributed by atoms with E-state index in [2.05, 4.69) is 61.9 Å². The summed E-state index contributed by atoms with van der Waals surface area (Å²) in [6.45, 7) is 12.0. The number of likely N-dealkylation sites (tertiary alicyclic amines) is 1. The summed E-state index contributed by atoms with van der Waals surface area (Å²) in [6.07, 6.45) is 5.30. The molecule has 1 aliphatic heterocycles. The lowest BCUT2D eigenvalue weighted by molar-refractivity contribution is -0.129. The summed E-state index contributed by atoms with van der Waals surface area (Å²) in [5.41, 5.74) is 3.67. The zero-order valence-electron chi connectivity index (χ0n) is 21.3. The van der Waals surface area contributed by atoms with Gasteiger partial charge in [0.15, 0.2) is 5.78 Å². The van der Waals surface area contributed by atoms with Gasteiger partial charge in [-0.05, 0) is 48.4 Å². The first kappa shape index (κ1) is 27.1. The minimum absolute atomic E-state index is 0.0123.